The summed E-state index contributed by atoms with van der Waals surface area (Å²) in [5.41, 5.74) is 0. The van der Waals surface area contributed by atoms with Crippen molar-refractivity contribution in [3.8, 4) is 0 Å². The van der Waals surface area contributed by atoms with Crippen LogP contribution in [-0.2, 0) is 21.9 Å². The van der Waals surface area contributed by atoms with E-state index < -0.39 is 21.9 Å². The maximum Gasteiger partial charge on any atom is 0.307 e. The molecule has 1 atom stereocenters. The first-order chi connectivity index (χ1) is 8.41. The zero-order chi connectivity index (χ0) is 13.3. The number of aliphatic carboxylic acids is 1. The van der Waals surface area contributed by atoms with Crippen LogP contribution in [0.3, 0.4) is 0 Å². The highest BCUT2D eigenvalue weighted by atomic mass is 32.2. The number of aromatic nitrogens is 1. The van der Waals surface area contributed by atoms with Crippen molar-refractivity contribution in [3.63, 3.8) is 0 Å². The van der Waals surface area contributed by atoms with Gasteiger partial charge in [0.2, 0.25) is 10.0 Å². The van der Waals surface area contributed by atoms with Gasteiger partial charge in [-0.1, -0.05) is 0 Å². The van der Waals surface area contributed by atoms with Crippen molar-refractivity contribution in [2.75, 3.05) is 13.1 Å². The Hall–Kier alpha value is -1.34. The van der Waals surface area contributed by atoms with Gasteiger partial charge in [0.25, 0.3) is 0 Å². The molecular weight excluding hydrogens is 256 g/mol. The molecule has 1 aromatic rings. The summed E-state index contributed by atoms with van der Waals surface area (Å²) in [6.07, 6.45) is 4.31. The van der Waals surface area contributed by atoms with Gasteiger partial charge in [0, 0.05) is 32.5 Å². The van der Waals surface area contributed by atoms with E-state index in [0.717, 1.165) is 0 Å². The number of rotatable bonds is 3. The predicted octanol–water partition coefficient (Wildman–Crippen LogP) is 0.510. The smallest absolute Gasteiger partial charge is 0.307 e. The molecule has 1 saturated heterocycles. The van der Waals surface area contributed by atoms with Crippen molar-refractivity contribution in [2.45, 2.75) is 17.7 Å². The Balaban J connectivity index is 2.22. The Kier molecular flexibility index (Phi) is 3.45. The minimum absolute atomic E-state index is 0.0621. The summed E-state index contributed by atoms with van der Waals surface area (Å²) in [7, 11) is -1.81. The molecule has 100 valence electrons. The van der Waals surface area contributed by atoms with E-state index >= 15 is 0 Å². The van der Waals surface area contributed by atoms with Gasteiger partial charge in [-0.15, -0.1) is 0 Å². The number of carboxylic acid groups (broad SMARTS) is 1. The maximum atomic E-state index is 12.3. The molecule has 1 aliphatic heterocycles. The van der Waals surface area contributed by atoms with E-state index in [4.69, 9.17) is 5.11 Å². The number of hydrogen-bond donors (Lipinski definition) is 1. The second-order valence-corrected chi connectivity index (χ2v) is 6.49. The molecule has 0 unspecified atom stereocenters. The zero-order valence-electron chi connectivity index (χ0n) is 10.1. The van der Waals surface area contributed by atoms with Gasteiger partial charge in [0.15, 0.2) is 0 Å². The number of hydrogen-bond acceptors (Lipinski definition) is 3. The lowest BCUT2D eigenvalue weighted by Crippen LogP contribution is -2.42. The monoisotopic (exact) mass is 272 g/mol. The number of piperidine rings is 1. The largest absolute Gasteiger partial charge is 0.481 e. The molecule has 0 radical (unpaired) electrons. The van der Waals surface area contributed by atoms with E-state index in [1.54, 1.807) is 17.8 Å². The summed E-state index contributed by atoms with van der Waals surface area (Å²) in [6, 6.07) is 1.53. The lowest BCUT2D eigenvalue weighted by Gasteiger charge is -2.29. The van der Waals surface area contributed by atoms with E-state index in [1.165, 1.54) is 16.6 Å². The average molecular weight is 272 g/mol. The van der Waals surface area contributed by atoms with Crippen molar-refractivity contribution >= 4 is 16.0 Å². The van der Waals surface area contributed by atoms with Gasteiger partial charge in [-0.25, -0.2) is 8.42 Å². The molecule has 1 aromatic heterocycles. The molecule has 7 heteroatoms. The molecule has 2 heterocycles. The van der Waals surface area contributed by atoms with Crippen molar-refractivity contribution in [3.05, 3.63) is 18.5 Å². The van der Waals surface area contributed by atoms with E-state index in [-0.39, 0.29) is 11.4 Å². The fourth-order valence-electron chi connectivity index (χ4n) is 2.14. The van der Waals surface area contributed by atoms with Gasteiger partial charge in [0.1, 0.15) is 0 Å². The molecular formula is C11H16N2O4S. The topological polar surface area (TPSA) is 79.6 Å². The molecule has 1 N–H and O–H groups in total. The maximum absolute atomic E-state index is 12.3. The summed E-state index contributed by atoms with van der Waals surface area (Å²) < 4.78 is 27.5. The van der Waals surface area contributed by atoms with E-state index in [2.05, 4.69) is 0 Å². The molecule has 0 saturated carbocycles. The predicted molar refractivity (Wildman–Crippen MR) is 64.5 cm³/mol. The first kappa shape index (κ1) is 13.1. The van der Waals surface area contributed by atoms with Gasteiger partial charge in [-0.2, -0.15) is 4.31 Å². The second kappa shape index (κ2) is 4.74. The third kappa shape index (κ3) is 2.41. The highest BCUT2D eigenvalue weighted by Crippen LogP contribution is 2.23. The van der Waals surface area contributed by atoms with E-state index in [1.807, 2.05) is 0 Å². The highest BCUT2D eigenvalue weighted by molar-refractivity contribution is 7.89. The Morgan fingerprint density at radius 1 is 1.50 bits per heavy atom. The normalized spacial score (nSPS) is 21.9. The van der Waals surface area contributed by atoms with E-state index in [0.29, 0.717) is 19.4 Å². The van der Waals surface area contributed by atoms with Crippen LogP contribution in [0.5, 0.6) is 0 Å². The Labute approximate surface area is 106 Å². The van der Waals surface area contributed by atoms with Gasteiger partial charge < -0.3 is 9.67 Å². The number of nitrogens with zero attached hydrogens (tertiary/aromatic N) is 2. The van der Waals surface area contributed by atoms with Crippen LogP contribution in [0.2, 0.25) is 0 Å². The fraction of sp³-hybridized carbons (Fsp3) is 0.545. The first-order valence-corrected chi connectivity index (χ1v) is 7.20. The molecule has 18 heavy (non-hydrogen) atoms. The lowest BCUT2D eigenvalue weighted by molar-refractivity contribution is -0.142. The summed E-state index contributed by atoms with van der Waals surface area (Å²) in [5.74, 6) is -1.53. The number of carboxylic acids is 1. The van der Waals surface area contributed by atoms with Gasteiger partial charge >= 0.3 is 5.97 Å². The Bertz CT molecular complexity index is 549. The minimum Gasteiger partial charge on any atom is -0.481 e. The van der Waals surface area contributed by atoms with Gasteiger partial charge in [-0.05, 0) is 18.9 Å². The molecule has 1 aliphatic rings. The first-order valence-electron chi connectivity index (χ1n) is 5.76. The van der Waals surface area contributed by atoms with Crippen LogP contribution in [0, 0.1) is 5.92 Å². The zero-order valence-corrected chi connectivity index (χ0v) is 10.9. The van der Waals surface area contributed by atoms with Crippen LogP contribution >= 0.6 is 0 Å². The quantitative estimate of drug-likeness (QED) is 0.869. The van der Waals surface area contributed by atoms with Gasteiger partial charge in [0.05, 0.1) is 10.8 Å². The molecule has 1 fully saturated rings. The van der Waals surface area contributed by atoms with Crippen LogP contribution in [0.25, 0.3) is 0 Å². The standard InChI is InChI=1S/C11H16N2O4S/c1-12-6-4-10(8-12)18(16,17)13-5-2-3-9(7-13)11(14)15/h4,6,8-9H,2-3,5,7H2,1H3,(H,14,15)/t9-/m0/s1. The lowest BCUT2D eigenvalue weighted by atomic mass is 10.0. The highest BCUT2D eigenvalue weighted by Gasteiger charge is 2.33. The molecule has 2 rings (SSSR count). The van der Waals surface area contributed by atoms with Crippen LogP contribution in [0.15, 0.2) is 23.4 Å². The SMILES string of the molecule is Cn1ccc(S(=O)(=O)N2CCC[C@H](C(=O)O)C2)c1. The molecule has 6 nitrogen and oxygen atoms in total. The second-order valence-electron chi connectivity index (χ2n) is 4.55. The van der Waals surface area contributed by atoms with Crippen LogP contribution in [-0.4, -0.2) is 41.5 Å². The van der Waals surface area contributed by atoms with Crippen LogP contribution in [0.1, 0.15) is 12.8 Å². The minimum atomic E-state index is -3.56. The third-order valence-electron chi connectivity index (χ3n) is 3.18. The fourth-order valence-corrected chi connectivity index (χ4v) is 3.72. The molecule has 0 spiro atoms. The summed E-state index contributed by atoms with van der Waals surface area (Å²) >= 11 is 0. The van der Waals surface area contributed by atoms with Crippen molar-refractivity contribution < 1.29 is 18.3 Å². The number of carbonyl (C=O) groups is 1. The molecule has 0 aromatic carbocycles. The van der Waals surface area contributed by atoms with Gasteiger partial charge in [-0.3, -0.25) is 4.79 Å². The van der Waals surface area contributed by atoms with Crippen LogP contribution in [0.4, 0.5) is 0 Å². The average Bonchev–Trinajstić information content (AvgIpc) is 2.77. The number of sulfonamides is 1. The Morgan fingerprint density at radius 2 is 2.22 bits per heavy atom. The van der Waals surface area contributed by atoms with Crippen molar-refractivity contribution in [1.29, 1.82) is 0 Å². The number of aryl methyl sites for hydroxylation is 1. The molecule has 0 bridgehead atoms. The Morgan fingerprint density at radius 3 is 2.78 bits per heavy atom. The van der Waals surface area contributed by atoms with Crippen LogP contribution < -0.4 is 0 Å². The molecule has 0 amide bonds. The summed E-state index contributed by atoms with van der Waals surface area (Å²) in [6.45, 7) is 0.452. The third-order valence-corrected chi connectivity index (χ3v) is 5.02. The van der Waals surface area contributed by atoms with Crippen molar-refractivity contribution in [1.82, 2.24) is 8.87 Å². The van der Waals surface area contributed by atoms with E-state index in [9.17, 15) is 13.2 Å². The van der Waals surface area contributed by atoms with Crippen molar-refractivity contribution in [2.24, 2.45) is 13.0 Å². The molecule has 0 aliphatic carbocycles. The summed E-state index contributed by atoms with van der Waals surface area (Å²) in [5, 5.41) is 8.97. The summed E-state index contributed by atoms with van der Waals surface area (Å²) in [4.78, 5) is 11.2.